The van der Waals surface area contributed by atoms with E-state index in [0.29, 0.717) is 25.0 Å². The number of aryl methyl sites for hydroxylation is 2. The Morgan fingerprint density at radius 2 is 1.93 bits per heavy atom. The van der Waals surface area contributed by atoms with Crippen LogP contribution in [0.4, 0.5) is 0 Å². The smallest absolute Gasteiger partial charge is 0.308 e. The van der Waals surface area contributed by atoms with Gasteiger partial charge in [0.05, 0.1) is 12.5 Å². The zero-order chi connectivity index (χ0) is 19.7. The maximum atomic E-state index is 12.6. The molecule has 3 rings (SSSR count). The number of furan rings is 1. The van der Waals surface area contributed by atoms with Gasteiger partial charge in [0.1, 0.15) is 5.58 Å². The molecule has 1 unspecified atom stereocenters. The van der Waals surface area contributed by atoms with E-state index in [1.165, 1.54) is 9.80 Å². The summed E-state index contributed by atoms with van der Waals surface area (Å²) >= 11 is 0. The second-order valence-electron chi connectivity index (χ2n) is 7.26. The van der Waals surface area contributed by atoms with Gasteiger partial charge in [-0.05, 0) is 56.0 Å². The van der Waals surface area contributed by atoms with E-state index in [2.05, 4.69) is 0 Å². The Morgan fingerprint density at radius 1 is 1.22 bits per heavy atom. The van der Waals surface area contributed by atoms with Crippen LogP contribution in [0.5, 0.6) is 0 Å². The number of carbonyl (C=O) groups is 3. The quantitative estimate of drug-likeness (QED) is 0.890. The van der Waals surface area contributed by atoms with Crippen LogP contribution in [0.3, 0.4) is 0 Å². The molecule has 2 amide bonds. The van der Waals surface area contributed by atoms with Crippen molar-refractivity contribution in [1.29, 1.82) is 0 Å². The number of likely N-dealkylation sites (N-methyl/N-ethyl adjacent to an activating group) is 1. The topological polar surface area (TPSA) is 91.1 Å². The molecule has 1 aromatic carbocycles. The van der Waals surface area contributed by atoms with Gasteiger partial charge in [0.2, 0.25) is 5.91 Å². The predicted octanol–water partition coefficient (Wildman–Crippen LogP) is 2.44. The second kappa shape index (κ2) is 7.42. The fraction of sp³-hybridized carbons (Fsp3) is 0.450. The first kappa shape index (κ1) is 18.9. The molecular formula is C20H24N2O5. The first-order valence-electron chi connectivity index (χ1n) is 9.03. The van der Waals surface area contributed by atoms with Gasteiger partial charge in [-0.25, -0.2) is 0 Å². The Balaban J connectivity index is 1.68. The first-order chi connectivity index (χ1) is 12.8. The third kappa shape index (κ3) is 3.97. The van der Waals surface area contributed by atoms with E-state index in [-0.39, 0.29) is 30.7 Å². The average Bonchev–Trinajstić information content (AvgIpc) is 3.04. The van der Waals surface area contributed by atoms with Gasteiger partial charge < -0.3 is 19.3 Å². The molecule has 144 valence electrons. The number of hydrogen-bond donors (Lipinski definition) is 1. The van der Waals surface area contributed by atoms with Crippen LogP contribution in [0.15, 0.2) is 22.6 Å². The van der Waals surface area contributed by atoms with Gasteiger partial charge in [-0.3, -0.25) is 14.4 Å². The number of hydrogen-bond acceptors (Lipinski definition) is 4. The molecule has 1 aromatic heterocycles. The number of rotatable bonds is 4. The standard InChI is InChI=1S/C20H24N2O5/c1-12-7-15-9-17(27-16(15)8-13(12)2)19(24)21(3)11-18(23)22-6-4-5-14(10-22)20(25)26/h7-9,14H,4-6,10-11H2,1-3H3,(H,25,26). The van der Waals surface area contributed by atoms with E-state index in [9.17, 15) is 14.4 Å². The third-order valence-corrected chi connectivity index (χ3v) is 5.19. The van der Waals surface area contributed by atoms with Crippen molar-refractivity contribution < 1.29 is 23.9 Å². The highest BCUT2D eigenvalue weighted by molar-refractivity contribution is 5.98. The average molecular weight is 372 g/mol. The molecule has 7 heteroatoms. The van der Waals surface area contributed by atoms with Crippen LogP contribution in [-0.4, -0.2) is 59.4 Å². The Bertz CT molecular complexity index is 862. The van der Waals surface area contributed by atoms with Crippen molar-refractivity contribution in [3.05, 3.63) is 35.1 Å². The molecule has 0 aliphatic carbocycles. The summed E-state index contributed by atoms with van der Waals surface area (Å²) in [5.74, 6) is -1.86. The van der Waals surface area contributed by atoms with E-state index in [4.69, 9.17) is 9.52 Å². The number of aliphatic carboxylic acids is 1. The lowest BCUT2D eigenvalue weighted by molar-refractivity contribution is -0.145. The fourth-order valence-corrected chi connectivity index (χ4v) is 3.38. The number of amides is 2. The van der Waals surface area contributed by atoms with Crippen molar-refractivity contribution in [2.45, 2.75) is 26.7 Å². The number of nitrogens with zero attached hydrogens (tertiary/aromatic N) is 2. The highest BCUT2D eigenvalue weighted by Crippen LogP contribution is 2.24. The number of carboxylic acids is 1. The van der Waals surface area contributed by atoms with E-state index >= 15 is 0 Å². The fourth-order valence-electron chi connectivity index (χ4n) is 3.38. The van der Waals surface area contributed by atoms with Crippen molar-refractivity contribution in [3.8, 4) is 0 Å². The van der Waals surface area contributed by atoms with E-state index in [1.807, 2.05) is 26.0 Å². The van der Waals surface area contributed by atoms with Crippen LogP contribution in [0, 0.1) is 19.8 Å². The lowest BCUT2D eigenvalue weighted by Gasteiger charge is -2.31. The number of carboxylic acid groups (broad SMARTS) is 1. The summed E-state index contributed by atoms with van der Waals surface area (Å²) in [6.45, 7) is 4.58. The van der Waals surface area contributed by atoms with E-state index in [1.54, 1.807) is 13.1 Å². The molecule has 1 saturated heterocycles. The molecule has 2 heterocycles. The number of piperidine rings is 1. The summed E-state index contributed by atoms with van der Waals surface area (Å²) < 4.78 is 5.67. The Kier molecular flexibility index (Phi) is 5.21. The number of carbonyl (C=O) groups excluding carboxylic acids is 2. The van der Waals surface area contributed by atoms with Gasteiger partial charge in [-0.1, -0.05) is 0 Å². The summed E-state index contributed by atoms with van der Waals surface area (Å²) in [6.07, 6.45) is 1.23. The van der Waals surface area contributed by atoms with Crippen LogP contribution >= 0.6 is 0 Å². The zero-order valence-electron chi connectivity index (χ0n) is 15.8. The molecule has 0 spiro atoms. The minimum Gasteiger partial charge on any atom is -0.481 e. The van der Waals surface area contributed by atoms with Gasteiger partial charge in [0, 0.05) is 25.5 Å². The van der Waals surface area contributed by atoms with Gasteiger partial charge in [-0.2, -0.15) is 0 Å². The molecule has 1 atom stereocenters. The molecule has 0 radical (unpaired) electrons. The van der Waals surface area contributed by atoms with Crippen LogP contribution in [0.2, 0.25) is 0 Å². The Labute approximate surface area is 157 Å². The highest BCUT2D eigenvalue weighted by Gasteiger charge is 2.29. The van der Waals surface area contributed by atoms with Gasteiger partial charge in [0.15, 0.2) is 5.76 Å². The molecular weight excluding hydrogens is 348 g/mol. The van der Waals surface area contributed by atoms with Crippen LogP contribution in [0.25, 0.3) is 11.0 Å². The molecule has 1 aliphatic heterocycles. The minimum atomic E-state index is -0.884. The number of benzene rings is 1. The molecule has 2 aromatic rings. The molecule has 1 N–H and O–H groups in total. The SMILES string of the molecule is Cc1cc2cc(C(=O)N(C)CC(=O)N3CCCC(C(=O)O)C3)oc2cc1C. The zero-order valence-corrected chi connectivity index (χ0v) is 15.8. The monoisotopic (exact) mass is 372 g/mol. The van der Waals surface area contributed by atoms with Crippen molar-refractivity contribution in [2.75, 3.05) is 26.7 Å². The highest BCUT2D eigenvalue weighted by atomic mass is 16.4. The molecule has 0 saturated carbocycles. The van der Waals surface area contributed by atoms with Crippen LogP contribution < -0.4 is 0 Å². The molecule has 1 aliphatic rings. The molecule has 0 bridgehead atoms. The largest absolute Gasteiger partial charge is 0.481 e. The Hall–Kier alpha value is -2.83. The van der Waals surface area contributed by atoms with Gasteiger partial charge in [0.25, 0.3) is 5.91 Å². The normalized spacial score (nSPS) is 17.1. The Morgan fingerprint density at radius 3 is 2.63 bits per heavy atom. The third-order valence-electron chi connectivity index (χ3n) is 5.19. The second-order valence-corrected chi connectivity index (χ2v) is 7.26. The lowest BCUT2D eigenvalue weighted by Crippen LogP contribution is -2.46. The predicted molar refractivity (Wildman–Crippen MR) is 99.6 cm³/mol. The number of fused-ring (bicyclic) bond motifs is 1. The van der Waals surface area contributed by atoms with Gasteiger partial charge >= 0.3 is 5.97 Å². The maximum Gasteiger partial charge on any atom is 0.308 e. The van der Waals surface area contributed by atoms with Crippen molar-refractivity contribution in [3.63, 3.8) is 0 Å². The van der Waals surface area contributed by atoms with Gasteiger partial charge in [-0.15, -0.1) is 0 Å². The van der Waals surface area contributed by atoms with Crippen molar-refractivity contribution in [2.24, 2.45) is 5.92 Å². The first-order valence-corrected chi connectivity index (χ1v) is 9.03. The van der Waals surface area contributed by atoms with E-state index < -0.39 is 11.9 Å². The summed E-state index contributed by atoms with van der Waals surface area (Å²) in [6, 6.07) is 5.55. The van der Waals surface area contributed by atoms with Crippen LogP contribution in [-0.2, 0) is 9.59 Å². The molecule has 7 nitrogen and oxygen atoms in total. The summed E-state index contributed by atoms with van der Waals surface area (Å²) in [5.41, 5.74) is 2.84. The van der Waals surface area contributed by atoms with Crippen molar-refractivity contribution in [1.82, 2.24) is 9.80 Å². The molecule has 27 heavy (non-hydrogen) atoms. The summed E-state index contributed by atoms with van der Waals surface area (Å²) in [5, 5.41) is 10.00. The number of likely N-dealkylation sites (tertiary alicyclic amines) is 1. The lowest BCUT2D eigenvalue weighted by atomic mass is 9.98. The van der Waals surface area contributed by atoms with E-state index in [0.717, 1.165) is 16.5 Å². The minimum absolute atomic E-state index is 0.111. The summed E-state index contributed by atoms with van der Waals surface area (Å²) in [4.78, 5) is 39.1. The van der Waals surface area contributed by atoms with Crippen molar-refractivity contribution >= 4 is 28.8 Å². The molecule has 1 fully saturated rings. The maximum absolute atomic E-state index is 12.6. The summed E-state index contributed by atoms with van der Waals surface area (Å²) in [7, 11) is 1.54. The van der Waals surface area contributed by atoms with Crippen LogP contribution in [0.1, 0.15) is 34.5 Å².